The Bertz CT molecular complexity index is 849. The van der Waals surface area contributed by atoms with Crippen LogP contribution in [0.1, 0.15) is 25.0 Å². The SMILES string of the molecule is COc1ccc(/C=C(\C#N)c2ccc([N+](=O)[O-])cc2)cc1OCC(C)C. The van der Waals surface area contributed by atoms with Crippen molar-refractivity contribution in [3.05, 3.63) is 63.7 Å². The van der Waals surface area contributed by atoms with Gasteiger partial charge in [0.25, 0.3) is 5.69 Å². The molecule has 0 atom stereocenters. The minimum absolute atomic E-state index is 0.0140. The summed E-state index contributed by atoms with van der Waals surface area (Å²) >= 11 is 0. The zero-order chi connectivity index (χ0) is 19.1. The van der Waals surface area contributed by atoms with Crippen molar-refractivity contribution >= 4 is 17.3 Å². The lowest BCUT2D eigenvalue weighted by Gasteiger charge is -2.13. The van der Waals surface area contributed by atoms with Crippen molar-refractivity contribution < 1.29 is 14.4 Å². The van der Waals surface area contributed by atoms with Gasteiger partial charge in [-0.05, 0) is 47.4 Å². The Morgan fingerprint density at radius 2 is 1.92 bits per heavy atom. The van der Waals surface area contributed by atoms with Gasteiger partial charge < -0.3 is 9.47 Å². The highest BCUT2D eigenvalue weighted by Crippen LogP contribution is 2.30. The number of nitro groups is 1. The van der Waals surface area contributed by atoms with Gasteiger partial charge in [-0.25, -0.2) is 0 Å². The number of nitro benzene ring substituents is 1. The molecule has 2 rings (SSSR count). The van der Waals surface area contributed by atoms with Crippen LogP contribution in [0, 0.1) is 27.4 Å². The molecule has 0 aliphatic rings. The Hall–Kier alpha value is -3.33. The van der Waals surface area contributed by atoms with Crippen molar-refractivity contribution in [2.24, 2.45) is 5.92 Å². The van der Waals surface area contributed by atoms with E-state index in [2.05, 4.69) is 19.9 Å². The van der Waals surface area contributed by atoms with E-state index in [4.69, 9.17) is 9.47 Å². The molecule has 0 fully saturated rings. The number of allylic oxidation sites excluding steroid dienone is 1. The molecule has 6 nitrogen and oxygen atoms in total. The van der Waals surface area contributed by atoms with Crippen LogP contribution in [0.2, 0.25) is 0 Å². The molecule has 134 valence electrons. The summed E-state index contributed by atoms with van der Waals surface area (Å²) in [7, 11) is 1.57. The topological polar surface area (TPSA) is 85.4 Å². The zero-order valence-corrected chi connectivity index (χ0v) is 14.9. The summed E-state index contributed by atoms with van der Waals surface area (Å²) in [6, 6.07) is 13.4. The third-order valence-corrected chi connectivity index (χ3v) is 3.58. The van der Waals surface area contributed by atoms with Gasteiger partial charge >= 0.3 is 0 Å². The van der Waals surface area contributed by atoms with Crippen LogP contribution >= 0.6 is 0 Å². The number of hydrogen-bond acceptors (Lipinski definition) is 5. The summed E-state index contributed by atoms with van der Waals surface area (Å²) < 4.78 is 11.1. The first-order valence-electron chi connectivity index (χ1n) is 8.12. The van der Waals surface area contributed by atoms with Crippen LogP contribution < -0.4 is 9.47 Å². The fourth-order valence-electron chi connectivity index (χ4n) is 2.26. The molecular formula is C20H20N2O4. The Morgan fingerprint density at radius 1 is 1.23 bits per heavy atom. The van der Waals surface area contributed by atoms with Gasteiger partial charge in [0, 0.05) is 12.1 Å². The number of rotatable bonds is 7. The second-order valence-electron chi connectivity index (χ2n) is 6.09. The molecule has 0 spiro atoms. The monoisotopic (exact) mass is 352 g/mol. The van der Waals surface area contributed by atoms with Crippen LogP contribution in [0.25, 0.3) is 11.6 Å². The standard InChI is InChI=1S/C20H20N2O4/c1-14(2)13-26-20-11-15(4-9-19(20)25-3)10-17(12-21)16-5-7-18(8-6-16)22(23)24/h4-11,14H,13H2,1-3H3/b17-10+. The lowest BCUT2D eigenvalue weighted by atomic mass is 10.0. The largest absolute Gasteiger partial charge is 0.493 e. The van der Waals surface area contributed by atoms with E-state index in [0.717, 1.165) is 5.56 Å². The molecule has 0 aliphatic heterocycles. The van der Waals surface area contributed by atoms with Crippen LogP contribution in [0.4, 0.5) is 5.69 Å². The Kier molecular flexibility index (Phi) is 6.34. The molecule has 0 aliphatic carbocycles. The van der Waals surface area contributed by atoms with Crippen molar-refractivity contribution in [3.8, 4) is 17.6 Å². The fourth-order valence-corrected chi connectivity index (χ4v) is 2.26. The predicted octanol–water partition coefficient (Wildman–Crippen LogP) is 4.70. The first-order chi connectivity index (χ1) is 12.4. The van der Waals surface area contributed by atoms with Gasteiger partial charge in [0.15, 0.2) is 11.5 Å². The van der Waals surface area contributed by atoms with E-state index in [-0.39, 0.29) is 5.69 Å². The van der Waals surface area contributed by atoms with E-state index in [0.29, 0.717) is 35.2 Å². The molecule has 0 unspecified atom stereocenters. The van der Waals surface area contributed by atoms with Gasteiger partial charge in [-0.3, -0.25) is 10.1 Å². The highest BCUT2D eigenvalue weighted by molar-refractivity contribution is 5.90. The molecule has 0 amide bonds. The summed E-state index contributed by atoms with van der Waals surface area (Å²) in [5, 5.41) is 20.2. The van der Waals surface area contributed by atoms with Crippen LogP contribution in [0.3, 0.4) is 0 Å². The number of nitriles is 1. The highest BCUT2D eigenvalue weighted by Gasteiger charge is 2.09. The summed E-state index contributed by atoms with van der Waals surface area (Å²) in [6.07, 6.45) is 1.71. The summed E-state index contributed by atoms with van der Waals surface area (Å²) in [4.78, 5) is 10.3. The first-order valence-corrected chi connectivity index (χ1v) is 8.12. The Morgan fingerprint density at radius 3 is 2.46 bits per heavy atom. The van der Waals surface area contributed by atoms with Gasteiger partial charge in [-0.1, -0.05) is 19.9 Å². The van der Waals surface area contributed by atoms with Crippen LogP contribution in [-0.2, 0) is 0 Å². The van der Waals surface area contributed by atoms with Gasteiger partial charge in [0.05, 0.1) is 30.3 Å². The molecule has 0 radical (unpaired) electrons. The maximum absolute atomic E-state index is 10.8. The molecular weight excluding hydrogens is 332 g/mol. The van der Waals surface area contributed by atoms with Gasteiger partial charge in [0.2, 0.25) is 0 Å². The molecule has 0 aromatic heterocycles. The Labute approximate surface area is 152 Å². The van der Waals surface area contributed by atoms with Crippen LogP contribution in [0.15, 0.2) is 42.5 Å². The fraction of sp³-hybridized carbons (Fsp3) is 0.250. The highest BCUT2D eigenvalue weighted by atomic mass is 16.6. The maximum Gasteiger partial charge on any atom is 0.269 e. The van der Waals surface area contributed by atoms with Gasteiger partial charge in [0.1, 0.15) is 0 Å². The molecule has 2 aromatic rings. The number of hydrogen-bond donors (Lipinski definition) is 0. The summed E-state index contributed by atoms with van der Waals surface area (Å²) in [5.74, 6) is 1.60. The number of nitrogens with zero attached hydrogens (tertiary/aromatic N) is 2. The van der Waals surface area contributed by atoms with Crippen LogP contribution in [-0.4, -0.2) is 18.6 Å². The first kappa shape index (κ1) is 19.0. The average molecular weight is 352 g/mol. The number of non-ortho nitro benzene ring substituents is 1. The van der Waals surface area contributed by atoms with Crippen molar-refractivity contribution in [2.45, 2.75) is 13.8 Å². The lowest BCUT2D eigenvalue weighted by molar-refractivity contribution is -0.384. The van der Waals surface area contributed by atoms with E-state index >= 15 is 0 Å². The lowest BCUT2D eigenvalue weighted by Crippen LogP contribution is -2.05. The van der Waals surface area contributed by atoms with Crippen LogP contribution in [0.5, 0.6) is 11.5 Å². The van der Waals surface area contributed by atoms with Crippen molar-refractivity contribution in [1.82, 2.24) is 0 Å². The summed E-state index contributed by atoms with van der Waals surface area (Å²) in [5.41, 5.74) is 1.78. The molecule has 0 saturated heterocycles. The predicted molar refractivity (Wildman–Crippen MR) is 99.9 cm³/mol. The van der Waals surface area contributed by atoms with E-state index in [9.17, 15) is 15.4 Å². The molecule has 0 bridgehead atoms. The third kappa shape index (κ3) is 4.84. The van der Waals surface area contributed by atoms with Crippen molar-refractivity contribution in [2.75, 3.05) is 13.7 Å². The second-order valence-corrected chi connectivity index (χ2v) is 6.09. The van der Waals surface area contributed by atoms with E-state index in [1.807, 2.05) is 12.1 Å². The smallest absolute Gasteiger partial charge is 0.269 e. The van der Waals surface area contributed by atoms with Gasteiger partial charge in [-0.15, -0.1) is 0 Å². The normalized spacial score (nSPS) is 11.1. The molecule has 0 heterocycles. The van der Waals surface area contributed by atoms with Crippen molar-refractivity contribution in [3.63, 3.8) is 0 Å². The van der Waals surface area contributed by atoms with E-state index in [1.165, 1.54) is 12.1 Å². The minimum Gasteiger partial charge on any atom is -0.493 e. The minimum atomic E-state index is -0.471. The number of ether oxygens (including phenoxy) is 2. The summed E-state index contributed by atoms with van der Waals surface area (Å²) in [6.45, 7) is 4.66. The van der Waals surface area contributed by atoms with Crippen molar-refractivity contribution in [1.29, 1.82) is 5.26 Å². The number of methoxy groups -OCH3 is 1. The second kappa shape index (κ2) is 8.67. The maximum atomic E-state index is 10.8. The molecule has 26 heavy (non-hydrogen) atoms. The zero-order valence-electron chi connectivity index (χ0n) is 14.9. The van der Waals surface area contributed by atoms with E-state index < -0.39 is 4.92 Å². The number of benzene rings is 2. The van der Waals surface area contributed by atoms with Gasteiger partial charge in [-0.2, -0.15) is 5.26 Å². The molecule has 2 aromatic carbocycles. The Balaban J connectivity index is 2.34. The molecule has 0 saturated carbocycles. The molecule has 0 N–H and O–H groups in total. The molecule has 6 heteroatoms. The average Bonchev–Trinajstić information content (AvgIpc) is 2.64. The third-order valence-electron chi connectivity index (χ3n) is 3.58. The van der Waals surface area contributed by atoms with E-state index in [1.54, 1.807) is 31.4 Å². The quantitative estimate of drug-likeness (QED) is 0.312.